The van der Waals surface area contributed by atoms with Crippen LogP contribution in [0, 0.1) is 0 Å². The van der Waals surface area contributed by atoms with Crippen LogP contribution >= 0.6 is 0 Å². The molecular weight excluding hydrogens is 332 g/mol. The molecule has 0 radical (unpaired) electrons. The first-order valence-electron chi connectivity index (χ1n) is 8.87. The van der Waals surface area contributed by atoms with Gasteiger partial charge in [0.1, 0.15) is 11.5 Å². The second-order valence-corrected chi connectivity index (χ2v) is 6.25. The first kappa shape index (κ1) is 19.8. The number of benzene rings is 2. The molecule has 0 bridgehead atoms. The molecule has 2 rings (SSSR count). The molecule has 1 unspecified atom stereocenters. The van der Waals surface area contributed by atoms with Crippen LogP contribution in [0.1, 0.15) is 49.7 Å². The Hall–Kier alpha value is -2.56. The standard InChI is InChI=1S/C21H28O5/c1-5-6-7-8-16(17-10-9-15(22)13-18(17)23)14-11-19(24-2)21(26-4)20(12-14)25-3/h9-13,16,22-23H,5-8H2,1-4H3. The van der Waals surface area contributed by atoms with Crippen molar-refractivity contribution in [2.45, 2.75) is 38.5 Å². The highest BCUT2D eigenvalue weighted by Gasteiger charge is 2.22. The van der Waals surface area contributed by atoms with E-state index in [0.717, 1.165) is 36.8 Å². The molecule has 2 aromatic carbocycles. The molecule has 0 fully saturated rings. The number of methoxy groups -OCH3 is 3. The van der Waals surface area contributed by atoms with Gasteiger partial charge in [-0.15, -0.1) is 0 Å². The Bertz CT molecular complexity index is 701. The van der Waals surface area contributed by atoms with Crippen molar-refractivity contribution < 1.29 is 24.4 Å². The van der Waals surface area contributed by atoms with Crippen molar-refractivity contribution in [3.05, 3.63) is 41.5 Å². The van der Waals surface area contributed by atoms with Crippen LogP contribution in [-0.4, -0.2) is 31.5 Å². The van der Waals surface area contributed by atoms with Crippen LogP contribution in [0.25, 0.3) is 0 Å². The molecule has 2 N–H and O–H groups in total. The maximum Gasteiger partial charge on any atom is 0.203 e. The van der Waals surface area contributed by atoms with Crippen LogP contribution in [0.3, 0.4) is 0 Å². The summed E-state index contributed by atoms with van der Waals surface area (Å²) in [5.74, 6) is 1.79. The van der Waals surface area contributed by atoms with Crippen LogP contribution in [0.2, 0.25) is 0 Å². The summed E-state index contributed by atoms with van der Waals surface area (Å²) in [5.41, 5.74) is 1.74. The lowest BCUT2D eigenvalue weighted by atomic mass is 9.86. The summed E-state index contributed by atoms with van der Waals surface area (Å²) in [4.78, 5) is 0. The van der Waals surface area contributed by atoms with Crippen molar-refractivity contribution in [3.63, 3.8) is 0 Å². The highest BCUT2D eigenvalue weighted by atomic mass is 16.5. The summed E-state index contributed by atoms with van der Waals surface area (Å²) in [6.07, 6.45) is 4.12. The lowest BCUT2D eigenvalue weighted by Crippen LogP contribution is -2.04. The zero-order valence-corrected chi connectivity index (χ0v) is 15.9. The third-order valence-electron chi connectivity index (χ3n) is 4.58. The van der Waals surface area contributed by atoms with E-state index in [-0.39, 0.29) is 17.4 Å². The zero-order chi connectivity index (χ0) is 19.1. The van der Waals surface area contributed by atoms with Crippen LogP contribution in [0.4, 0.5) is 0 Å². The third-order valence-corrected chi connectivity index (χ3v) is 4.58. The fourth-order valence-corrected chi connectivity index (χ4v) is 3.23. The van der Waals surface area contributed by atoms with Gasteiger partial charge in [0, 0.05) is 17.5 Å². The summed E-state index contributed by atoms with van der Waals surface area (Å²) in [5, 5.41) is 20.0. The van der Waals surface area contributed by atoms with E-state index in [1.807, 2.05) is 12.1 Å². The number of phenols is 2. The number of ether oxygens (including phenoxy) is 3. The minimum atomic E-state index is -0.0455. The number of hydrogen-bond acceptors (Lipinski definition) is 5. The Balaban J connectivity index is 2.54. The number of unbranched alkanes of at least 4 members (excludes halogenated alkanes) is 2. The van der Waals surface area contributed by atoms with Gasteiger partial charge < -0.3 is 24.4 Å². The molecule has 0 aliphatic carbocycles. The summed E-state index contributed by atoms with van der Waals surface area (Å²) in [6, 6.07) is 8.58. The monoisotopic (exact) mass is 360 g/mol. The van der Waals surface area contributed by atoms with Gasteiger partial charge >= 0.3 is 0 Å². The smallest absolute Gasteiger partial charge is 0.203 e. The number of aromatic hydroxyl groups is 2. The van der Waals surface area contributed by atoms with Gasteiger partial charge in [0.15, 0.2) is 11.5 Å². The fraction of sp³-hybridized carbons (Fsp3) is 0.429. The van der Waals surface area contributed by atoms with E-state index >= 15 is 0 Å². The van der Waals surface area contributed by atoms with Gasteiger partial charge in [-0.3, -0.25) is 0 Å². The molecule has 0 saturated heterocycles. The van der Waals surface area contributed by atoms with Crippen molar-refractivity contribution in [2.24, 2.45) is 0 Å². The van der Waals surface area contributed by atoms with E-state index in [9.17, 15) is 10.2 Å². The van der Waals surface area contributed by atoms with Gasteiger partial charge in [-0.1, -0.05) is 32.3 Å². The van der Waals surface area contributed by atoms with E-state index < -0.39 is 0 Å². The minimum Gasteiger partial charge on any atom is -0.508 e. The van der Waals surface area contributed by atoms with Crippen molar-refractivity contribution >= 4 is 0 Å². The number of phenolic OH excluding ortho intramolecular Hbond substituents is 2. The van der Waals surface area contributed by atoms with E-state index in [0.29, 0.717) is 17.2 Å². The number of hydrogen-bond donors (Lipinski definition) is 2. The average molecular weight is 360 g/mol. The van der Waals surface area contributed by atoms with Crippen molar-refractivity contribution in [3.8, 4) is 28.7 Å². The van der Waals surface area contributed by atoms with Gasteiger partial charge in [-0.05, 0) is 30.2 Å². The Morgan fingerprint density at radius 1 is 0.885 bits per heavy atom. The second-order valence-electron chi connectivity index (χ2n) is 6.25. The Labute approximate surface area is 155 Å². The van der Waals surface area contributed by atoms with Gasteiger partial charge in [0.05, 0.1) is 21.3 Å². The molecule has 5 nitrogen and oxygen atoms in total. The molecular formula is C21H28O5. The number of rotatable bonds is 9. The molecule has 0 saturated carbocycles. The van der Waals surface area contributed by atoms with Gasteiger partial charge in [0.25, 0.3) is 0 Å². The topological polar surface area (TPSA) is 68.2 Å². The summed E-state index contributed by atoms with van der Waals surface area (Å²) in [6.45, 7) is 2.16. The first-order valence-corrected chi connectivity index (χ1v) is 8.87. The summed E-state index contributed by atoms with van der Waals surface area (Å²) in [7, 11) is 4.75. The minimum absolute atomic E-state index is 0.0449. The van der Waals surface area contributed by atoms with Crippen LogP contribution in [0.15, 0.2) is 30.3 Å². The maximum absolute atomic E-state index is 10.4. The maximum atomic E-state index is 10.4. The van der Waals surface area contributed by atoms with E-state index in [4.69, 9.17) is 14.2 Å². The SMILES string of the molecule is CCCCCC(c1cc(OC)c(OC)c(OC)c1)c1ccc(O)cc1O. The molecule has 2 aromatic rings. The van der Waals surface area contributed by atoms with Crippen LogP contribution in [-0.2, 0) is 0 Å². The molecule has 1 atom stereocenters. The average Bonchev–Trinajstić information content (AvgIpc) is 2.64. The zero-order valence-electron chi connectivity index (χ0n) is 15.9. The molecule has 0 spiro atoms. The highest BCUT2D eigenvalue weighted by molar-refractivity contribution is 5.56. The lowest BCUT2D eigenvalue weighted by Gasteiger charge is -2.22. The molecule has 5 heteroatoms. The third kappa shape index (κ3) is 4.34. The fourth-order valence-electron chi connectivity index (χ4n) is 3.23. The van der Waals surface area contributed by atoms with E-state index in [1.54, 1.807) is 33.5 Å². The molecule has 142 valence electrons. The van der Waals surface area contributed by atoms with Crippen molar-refractivity contribution in [2.75, 3.05) is 21.3 Å². The predicted molar refractivity (Wildman–Crippen MR) is 102 cm³/mol. The Morgan fingerprint density at radius 3 is 2.04 bits per heavy atom. The van der Waals surface area contributed by atoms with Gasteiger partial charge in [0.2, 0.25) is 5.75 Å². The van der Waals surface area contributed by atoms with Crippen molar-refractivity contribution in [1.29, 1.82) is 0 Å². The molecule has 0 heterocycles. The molecule has 0 amide bonds. The highest BCUT2D eigenvalue weighted by Crippen LogP contribution is 2.44. The largest absolute Gasteiger partial charge is 0.508 e. The van der Waals surface area contributed by atoms with E-state index in [2.05, 4.69) is 6.92 Å². The van der Waals surface area contributed by atoms with Crippen LogP contribution in [0.5, 0.6) is 28.7 Å². The van der Waals surface area contributed by atoms with Crippen molar-refractivity contribution in [1.82, 2.24) is 0 Å². The van der Waals surface area contributed by atoms with Crippen LogP contribution < -0.4 is 14.2 Å². The quantitative estimate of drug-likeness (QED) is 0.627. The Morgan fingerprint density at radius 2 is 1.54 bits per heavy atom. The molecule has 26 heavy (non-hydrogen) atoms. The second kappa shape index (κ2) is 9.22. The van der Waals surface area contributed by atoms with E-state index in [1.165, 1.54) is 6.07 Å². The summed E-state index contributed by atoms with van der Waals surface area (Å²) >= 11 is 0. The lowest BCUT2D eigenvalue weighted by molar-refractivity contribution is 0.323. The summed E-state index contributed by atoms with van der Waals surface area (Å²) < 4.78 is 16.4. The molecule has 0 aliphatic rings. The Kier molecular flexibility index (Phi) is 7.01. The first-order chi connectivity index (χ1) is 12.5. The predicted octanol–water partition coefficient (Wildman–Crippen LogP) is 4.84. The van der Waals surface area contributed by atoms with Gasteiger partial charge in [-0.2, -0.15) is 0 Å². The normalized spacial score (nSPS) is 11.8. The van der Waals surface area contributed by atoms with Gasteiger partial charge in [-0.25, -0.2) is 0 Å². The molecule has 0 aliphatic heterocycles. The molecule has 0 aromatic heterocycles.